The van der Waals surface area contributed by atoms with E-state index >= 15 is 0 Å². The number of likely N-dealkylation sites (N-methyl/N-ethyl adjacent to an activating group) is 1. The molecule has 10 heteroatoms. The molecule has 2 aliphatic heterocycles. The molecule has 13 atom stereocenters. The lowest BCUT2D eigenvalue weighted by Gasteiger charge is -2.46. The van der Waals surface area contributed by atoms with Crippen molar-refractivity contribution in [1.82, 2.24) is 4.90 Å². The highest BCUT2D eigenvalue weighted by molar-refractivity contribution is 5.73. The molecular formula is C30H57NO9. The second-order valence-corrected chi connectivity index (χ2v) is 13.5. The minimum absolute atomic E-state index is 0.0833. The van der Waals surface area contributed by atoms with Crippen LogP contribution in [0.1, 0.15) is 88.0 Å². The molecule has 40 heavy (non-hydrogen) atoms. The average molecular weight is 576 g/mol. The normalized spacial score (nSPS) is 49.1. The van der Waals surface area contributed by atoms with Crippen LogP contribution in [0.25, 0.3) is 0 Å². The first-order valence-corrected chi connectivity index (χ1v) is 14.9. The summed E-state index contributed by atoms with van der Waals surface area (Å²) < 4.78 is 24.0. The fourth-order valence-corrected chi connectivity index (χ4v) is 6.80. The molecule has 10 nitrogen and oxygen atoms in total. The van der Waals surface area contributed by atoms with Crippen LogP contribution in [-0.2, 0) is 23.7 Å². The molecule has 2 saturated heterocycles. The molecule has 2 aliphatic rings. The number of methoxy groups -OCH3 is 1. The molecule has 0 aromatic carbocycles. The van der Waals surface area contributed by atoms with Crippen molar-refractivity contribution < 1.29 is 44.2 Å². The lowest BCUT2D eigenvalue weighted by atomic mass is 9.80. The third-order valence-electron chi connectivity index (χ3n) is 9.39. The van der Waals surface area contributed by atoms with Crippen LogP contribution < -0.4 is 0 Å². The molecule has 0 aromatic rings. The quantitative estimate of drug-likeness (QED) is 0.370. The average Bonchev–Trinajstić information content (AvgIpc) is 2.85. The Bertz CT molecular complexity index is 823. The molecule has 0 aromatic heterocycles. The van der Waals surface area contributed by atoms with Crippen molar-refractivity contribution in [3.05, 3.63) is 0 Å². The minimum Gasteiger partial charge on any atom is -0.459 e. The Morgan fingerprint density at radius 3 is 2.15 bits per heavy atom. The maximum Gasteiger partial charge on any atom is 0.311 e. The van der Waals surface area contributed by atoms with E-state index in [1.165, 1.54) is 14.0 Å². The van der Waals surface area contributed by atoms with Crippen molar-refractivity contribution in [2.24, 2.45) is 17.8 Å². The number of nitrogens with zero attached hydrogens (tertiary/aromatic N) is 1. The standard InChI is InChI=1S/C30H57NO9/c1-12-22-30(9,36)25(32)20(5)31(10)16-17(2)13-28(7,35)14-18(3)24(19(4)27(34)39-22)40-23-15-29(8,37-11)26(33)21(6)38-23/h17-26,32-33,35-36H,12-16H2,1-11H3/t17?,18-,19+,20?,21-,22+,23-,24-,25?,26-,28?,29+,30?/m0/s1. The first-order chi connectivity index (χ1) is 18.3. The zero-order valence-corrected chi connectivity index (χ0v) is 26.6. The minimum atomic E-state index is -1.70. The maximum absolute atomic E-state index is 13.6. The van der Waals surface area contributed by atoms with Gasteiger partial charge in [-0.3, -0.25) is 4.79 Å². The Labute approximate surface area is 241 Å². The van der Waals surface area contributed by atoms with E-state index < -0.39 is 71.5 Å². The highest BCUT2D eigenvalue weighted by Gasteiger charge is 2.49. The Balaban J connectivity index is 2.47. The summed E-state index contributed by atoms with van der Waals surface area (Å²) in [6.07, 6.45) is -3.62. The van der Waals surface area contributed by atoms with E-state index in [9.17, 15) is 25.2 Å². The van der Waals surface area contributed by atoms with Gasteiger partial charge in [0.15, 0.2) is 6.29 Å². The lowest BCUT2D eigenvalue weighted by Crippen LogP contribution is -2.59. The molecule has 5 unspecified atom stereocenters. The van der Waals surface area contributed by atoms with Gasteiger partial charge in [0.05, 0.1) is 29.3 Å². The molecule has 0 bridgehead atoms. The Morgan fingerprint density at radius 1 is 1.00 bits per heavy atom. The van der Waals surface area contributed by atoms with Gasteiger partial charge in [0.25, 0.3) is 0 Å². The zero-order chi connectivity index (χ0) is 30.8. The van der Waals surface area contributed by atoms with E-state index in [0.717, 1.165) is 0 Å². The van der Waals surface area contributed by atoms with E-state index in [0.29, 0.717) is 25.8 Å². The number of hydrogen-bond acceptors (Lipinski definition) is 10. The zero-order valence-electron chi connectivity index (χ0n) is 26.6. The van der Waals surface area contributed by atoms with Crippen LogP contribution in [-0.4, -0.2) is 112 Å². The van der Waals surface area contributed by atoms with Crippen molar-refractivity contribution in [2.45, 2.75) is 148 Å². The van der Waals surface area contributed by atoms with Crippen LogP contribution in [0.2, 0.25) is 0 Å². The van der Waals surface area contributed by atoms with Gasteiger partial charge in [-0.25, -0.2) is 0 Å². The summed E-state index contributed by atoms with van der Waals surface area (Å²) in [7, 11) is 3.41. The van der Waals surface area contributed by atoms with Gasteiger partial charge in [0.1, 0.15) is 23.9 Å². The first-order valence-electron chi connectivity index (χ1n) is 14.9. The number of ether oxygens (including phenoxy) is 4. The monoisotopic (exact) mass is 575 g/mol. The number of carbonyl (C=O) groups excluding carboxylic acids is 1. The molecule has 2 rings (SSSR count). The summed E-state index contributed by atoms with van der Waals surface area (Å²) in [4.78, 5) is 15.6. The smallest absolute Gasteiger partial charge is 0.311 e. The van der Waals surface area contributed by atoms with Crippen LogP contribution in [0.4, 0.5) is 0 Å². The molecule has 0 spiro atoms. The van der Waals surface area contributed by atoms with Crippen molar-refractivity contribution in [3.63, 3.8) is 0 Å². The molecule has 4 N–H and O–H groups in total. The molecule has 236 valence electrons. The summed E-state index contributed by atoms with van der Waals surface area (Å²) >= 11 is 0. The van der Waals surface area contributed by atoms with Crippen molar-refractivity contribution in [3.8, 4) is 0 Å². The van der Waals surface area contributed by atoms with Gasteiger partial charge in [-0.15, -0.1) is 0 Å². The molecule has 0 radical (unpaired) electrons. The van der Waals surface area contributed by atoms with Crippen molar-refractivity contribution in [1.29, 1.82) is 0 Å². The second kappa shape index (κ2) is 13.6. The molecular weight excluding hydrogens is 518 g/mol. The largest absolute Gasteiger partial charge is 0.459 e. The van der Waals surface area contributed by atoms with Crippen LogP contribution in [0.5, 0.6) is 0 Å². The van der Waals surface area contributed by atoms with Gasteiger partial charge in [-0.05, 0) is 79.7 Å². The Kier molecular flexibility index (Phi) is 12.0. The molecule has 2 heterocycles. The third-order valence-corrected chi connectivity index (χ3v) is 9.39. The molecule has 0 saturated carbocycles. The topological polar surface area (TPSA) is 138 Å². The number of carbonyl (C=O) groups is 1. The van der Waals surface area contributed by atoms with E-state index in [1.54, 1.807) is 34.6 Å². The summed E-state index contributed by atoms with van der Waals surface area (Å²) in [6, 6.07) is -0.427. The molecule has 0 amide bonds. The number of aliphatic hydroxyl groups is 4. The van der Waals surface area contributed by atoms with Gasteiger partial charge >= 0.3 is 5.97 Å². The fraction of sp³-hybridized carbons (Fsp3) is 0.967. The predicted molar refractivity (Wildman–Crippen MR) is 151 cm³/mol. The Hall–Kier alpha value is -0.850. The molecule has 0 aliphatic carbocycles. The van der Waals surface area contributed by atoms with Gasteiger partial charge in [-0.1, -0.05) is 20.8 Å². The summed E-state index contributed by atoms with van der Waals surface area (Å²) in [5.41, 5.74) is -3.66. The van der Waals surface area contributed by atoms with Crippen LogP contribution in [0.15, 0.2) is 0 Å². The van der Waals surface area contributed by atoms with Crippen molar-refractivity contribution in [2.75, 3.05) is 20.7 Å². The van der Waals surface area contributed by atoms with E-state index in [4.69, 9.17) is 18.9 Å². The van der Waals surface area contributed by atoms with Gasteiger partial charge in [0, 0.05) is 26.1 Å². The van der Waals surface area contributed by atoms with Crippen LogP contribution >= 0.6 is 0 Å². The highest BCUT2D eigenvalue weighted by Crippen LogP contribution is 2.37. The highest BCUT2D eigenvalue weighted by atomic mass is 16.7. The summed E-state index contributed by atoms with van der Waals surface area (Å²) in [6.45, 7) is 16.8. The first kappa shape index (κ1) is 35.3. The SMILES string of the molecule is CC[C@H]1OC(=O)[C@H](C)[C@@H](O[C@H]2C[C@@](C)(OC)[C@@H](O)[C@H](C)O2)[C@@H](C)CC(C)(O)CC(C)CN(C)C(C)C(O)C1(C)O. The Morgan fingerprint density at radius 2 is 1.60 bits per heavy atom. The number of hydrogen-bond donors (Lipinski definition) is 4. The number of esters is 1. The van der Waals surface area contributed by atoms with Crippen molar-refractivity contribution >= 4 is 5.97 Å². The fourth-order valence-electron chi connectivity index (χ4n) is 6.80. The van der Waals surface area contributed by atoms with E-state index in [1.807, 2.05) is 25.8 Å². The molecule has 2 fully saturated rings. The van der Waals surface area contributed by atoms with Gasteiger partial charge in [0.2, 0.25) is 0 Å². The van der Waals surface area contributed by atoms with E-state index in [-0.39, 0.29) is 18.3 Å². The second-order valence-electron chi connectivity index (χ2n) is 13.5. The maximum atomic E-state index is 13.6. The van der Waals surface area contributed by atoms with Crippen LogP contribution in [0, 0.1) is 17.8 Å². The number of cyclic esters (lactones) is 1. The lowest BCUT2D eigenvalue weighted by molar-refractivity contribution is -0.296. The van der Waals surface area contributed by atoms with Gasteiger partial charge in [-0.2, -0.15) is 0 Å². The third kappa shape index (κ3) is 8.16. The summed E-state index contributed by atoms with van der Waals surface area (Å²) in [5.74, 6) is -1.55. The predicted octanol–water partition coefficient (Wildman–Crippen LogP) is 2.48. The van der Waals surface area contributed by atoms with Gasteiger partial charge < -0.3 is 44.3 Å². The van der Waals surface area contributed by atoms with E-state index in [2.05, 4.69) is 6.92 Å². The number of aliphatic hydroxyl groups excluding tert-OH is 2. The number of rotatable bonds is 4. The summed E-state index contributed by atoms with van der Waals surface area (Å²) in [5, 5.41) is 44.8. The van der Waals surface area contributed by atoms with Crippen LogP contribution in [0.3, 0.4) is 0 Å².